The summed E-state index contributed by atoms with van der Waals surface area (Å²) in [4.78, 5) is 18.8. The number of carbonyl (C=O) groups is 1. The maximum Gasteiger partial charge on any atom is 0.276 e. The largest absolute Gasteiger partial charge is 0.496 e. The summed E-state index contributed by atoms with van der Waals surface area (Å²) in [6, 6.07) is 11.7. The van der Waals surface area contributed by atoms with Crippen molar-refractivity contribution in [3.8, 4) is 5.75 Å². The van der Waals surface area contributed by atoms with Gasteiger partial charge in [-0.3, -0.25) is 9.69 Å². The number of pyridine rings is 1. The van der Waals surface area contributed by atoms with Gasteiger partial charge in [0, 0.05) is 24.1 Å². The number of nitrogens with zero attached hydrogens (tertiary/aromatic N) is 2. The van der Waals surface area contributed by atoms with Crippen LogP contribution in [0.1, 0.15) is 24.0 Å². The summed E-state index contributed by atoms with van der Waals surface area (Å²) >= 11 is 7.01. The fraction of sp³-hybridized carbons (Fsp3) is 0.318. The Morgan fingerprint density at radius 2 is 2.30 bits per heavy atom. The van der Waals surface area contributed by atoms with Crippen LogP contribution >= 0.6 is 24.0 Å². The Morgan fingerprint density at radius 1 is 1.40 bits per heavy atom. The van der Waals surface area contributed by atoms with Gasteiger partial charge in [-0.05, 0) is 61.0 Å². The first kappa shape index (κ1) is 20.8. The van der Waals surface area contributed by atoms with Gasteiger partial charge in [-0.1, -0.05) is 12.1 Å². The Labute approximate surface area is 185 Å². The van der Waals surface area contributed by atoms with Crippen molar-refractivity contribution >= 4 is 41.1 Å². The molecule has 0 saturated carbocycles. The molecule has 156 valence electrons. The summed E-state index contributed by atoms with van der Waals surface area (Å²) in [5.41, 5.74) is 2.42. The highest BCUT2D eigenvalue weighted by Gasteiger charge is 2.33. The van der Waals surface area contributed by atoms with Crippen LogP contribution in [0.2, 0.25) is 0 Å². The van der Waals surface area contributed by atoms with E-state index in [2.05, 4.69) is 10.3 Å². The second kappa shape index (κ2) is 9.59. The van der Waals surface area contributed by atoms with Crippen molar-refractivity contribution in [1.29, 1.82) is 0 Å². The highest BCUT2D eigenvalue weighted by molar-refractivity contribution is 7.98. The number of thiocarbonyl (C=S) groups is 1. The van der Waals surface area contributed by atoms with Crippen LogP contribution in [0.3, 0.4) is 0 Å². The number of nitrogens with one attached hydrogen (secondary N) is 1. The van der Waals surface area contributed by atoms with Crippen molar-refractivity contribution in [2.24, 2.45) is 0 Å². The minimum absolute atomic E-state index is 0.0595. The van der Waals surface area contributed by atoms with Gasteiger partial charge >= 0.3 is 0 Å². The van der Waals surface area contributed by atoms with Crippen molar-refractivity contribution in [1.82, 2.24) is 15.2 Å². The number of aromatic nitrogens is 1. The first-order valence-electron chi connectivity index (χ1n) is 9.81. The average molecular weight is 442 g/mol. The zero-order valence-corrected chi connectivity index (χ0v) is 18.3. The fourth-order valence-electron chi connectivity index (χ4n) is 3.48. The van der Waals surface area contributed by atoms with Crippen LogP contribution in [-0.4, -0.2) is 47.3 Å². The molecule has 1 unspecified atom stereocenters. The number of thioether (sulfide) groups is 1. The van der Waals surface area contributed by atoms with Gasteiger partial charge in [0.05, 0.1) is 24.8 Å². The quantitative estimate of drug-likeness (QED) is 0.400. The van der Waals surface area contributed by atoms with Crippen LogP contribution in [0, 0.1) is 0 Å². The number of carbonyl (C=O) groups excluding carboxylic acids is 1. The molecule has 0 spiro atoms. The first-order valence-corrected chi connectivity index (χ1v) is 11.2. The molecule has 2 saturated heterocycles. The first-order chi connectivity index (χ1) is 14.6. The van der Waals surface area contributed by atoms with E-state index in [9.17, 15) is 4.79 Å². The monoisotopic (exact) mass is 441 g/mol. The van der Waals surface area contributed by atoms with Crippen LogP contribution in [0.25, 0.3) is 6.08 Å². The third kappa shape index (κ3) is 4.83. The molecule has 3 heterocycles. The molecule has 1 atom stereocenters. The Balaban J connectivity index is 1.49. The molecule has 2 aliphatic heterocycles. The fourth-order valence-corrected chi connectivity index (χ4v) is 4.59. The van der Waals surface area contributed by atoms with Gasteiger partial charge in [-0.15, -0.1) is 11.8 Å². The summed E-state index contributed by atoms with van der Waals surface area (Å²) in [6.45, 7) is 1.25. The molecule has 6 nitrogen and oxygen atoms in total. The SMILES string of the molecule is COc1ccc(/C=C2\NC(=S)N(CC3CCCO3)C2=O)cc1CSc1ccccn1. The summed E-state index contributed by atoms with van der Waals surface area (Å²) in [7, 11) is 1.66. The highest BCUT2D eigenvalue weighted by atomic mass is 32.2. The maximum absolute atomic E-state index is 12.8. The van der Waals surface area contributed by atoms with Gasteiger partial charge in [0.15, 0.2) is 5.11 Å². The lowest BCUT2D eigenvalue weighted by molar-refractivity contribution is -0.123. The van der Waals surface area contributed by atoms with E-state index in [1.54, 1.807) is 30.0 Å². The van der Waals surface area contributed by atoms with Crippen molar-refractivity contribution in [3.63, 3.8) is 0 Å². The second-order valence-corrected chi connectivity index (χ2v) is 8.45. The number of benzene rings is 1. The van der Waals surface area contributed by atoms with E-state index >= 15 is 0 Å². The molecule has 30 heavy (non-hydrogen) atoms. The molecule has 8 heteroatoms. The second-order valence-electron chi connectivity index (χ2n) is 7.07. The predicted octanol–water partition coefficient (Wildman–Crippen LogP) is 3.62. The van der Waals surface area contributed by atoms with Crippen LogP contribution < -0.4 is 10.1 Å². The zero-order chi connectivity index (χ0) is 20.9. The molecule has 2 aromatic rings. The van der Waals surface area contributed by atoms with E-state index in [1.165, 1.54) is 0 Å². The molecule has 1 amide bonds. The molecular formula is C22H23N3O3S2. The van der Waals surface area contributed by atoms with Gasteiger partial charge in [0.1, 0.15) is 11.4 Å². The third-order valence-corrected chi connectivity index (χ3v) is 6.32. The molecule has 0 aliphatic carbocycles. The molecule has 1 aromatic carbocycles. The minimum atomic E-state index is -0.115. The minimum Gasteiger partial charge on any atom is -0.496 e. The van der Waals surface area contributed by atoms with Gasteiger partial charge in [0.2, 0.25) is 0 Å². The molecule has 0 radical (unpaired) electrons. The van der Waals surface area contributed by atoms with Gasteiger partial charge in [0.25, 0.3) is 5.91 Å². The Morgan fingerprint density at radius 3 is 3.03 bits per heavy atom. The lowest BCUT2D eigenvalue weighted by atomic mass is 10.1. The summed E-state index contributed by atoms with van der Waals surface area (Å²) in [5, 5.41) is 4.43. The van der Waals surface area contributed by atoms with Gasteiger partial charge < -0.3 is 14.8 Å². The van der Waals surface area contributed by atoms with Crippen molar-refractivity contribution < 1.29 is 14.3 Å². The number of rotatable bonds is 7. The van der Waals surface area contributed by atoms with E-state index in [0.29, 0.717) is 23.1 Å². The molecular weight excluding hydrogens is 418 g/mol. The van der Waals surface area contributed by atoms with Crippen molar-refractivity contribution in [2.45, 2.75) is 29.7 Å². The topological polar surface area (TPSA) is 63.7 Å². The summed E-state index contributed by atoms with van der Waals surface area (Å²) < 4.78 is 11.2. The van der Waals surface area contributed by atoms with E-state index in [-0.39, 0.29) is 12.0 Å². The Kier molecular flexibility index (Phi) is 6.66. The number of hydrogen-bond acceptors (Lipinski definition) is 6. The Bertz CT molecular complexity index is 959. The maximum atomic E-state index is 12.8. The molecule has 2 fully saturated rings. The molecule has 2 aliphatic rings. The average Bonchev–Trinajstić information content (AvgIpc) is 3.37. The van der Waals surface area contributed by atoms with Crippen LogP contribution in [0.15, 0.2) is 53.3 Å². The number of methoxy groups -OCH3 is 1. The van der Waals surface area contributed by atoms with Gasteiger partial charge in [-0.2, -0.15) is 0 Å². The zero-order valence-electron chi connectivity index (χ0n) is 16.7. The van der Waals surface area contributed by atoms with Gasteiger partial charge in [-0.25, -0.2) is 4.98 Å². The van der Waals surface area contributed by atoms with E-state index in [4.69, 9.17) is 21.7 Å². The summed E-state index contributed by atoms with van der Waals surface area (Å²) in [6.07, 6.45) is 5.66. The standard InChI is InChI=1S/C22H23N3O3S2/c1-27-19-8-7-15(11-16(19)14-30-20-6-2-3-9-23-20)12-18-21(26)25(22(29)24-18)13-17-5-4-10-28-17/h2-3,6-9,11-12,17H,4-5,10,13-14H2,1H3,(H,24,29)/b18-12-. The third-order valence-electron chi connectivity index (χ3n) is 5.00. The number of hydrogen-bond donors (Lipinski definition) is 1. The van der Waals surface area contributed by atoms with E-state index < -0.39 is 0 Å². The lowest BCUT2D eigenvalue weighted by Crippen LogP contribution is -2.37. The molecule has 1 aromatic heterocycles. The predicted molar refractivity (Wildman–Crippen MR) is 121 cm³/mol. The van der Waals surface area contributed by atoms with Crippen molar-refractivity contribution in [3.05, 3.63) is 59.4 Å². The summed E-state index contributed by atoms with van der Waals surface area (Å²) in [5.74, 6) is 1.40. The Hall–Kier alpha value is -2.42. The normalized spacial score (nSPS) is 20.1. The molecule has 0 bridgehead atoms. The molecule has 1 N–H and O–H groups in total. The smallest absolute Gasteiger partial charge is 0.276 e. The number of amides is 1. The lowest BCUT2D eigenvalue weighted by Gasteiger charge is -2.18. The van der Waals surface area contributed by atoms with Crippen LogP contribution in [0.5, 0.6) is 5.75 Å². The van der Waals surface area contributed by atoms with Crippen LogP contribution in [-0.2, 0) is 15.3 Å². The van der Waals surface area contributed by atoms with Crippen LogP contribution in [0.4, 0.5) is 0 Å². The highest BCUT2D eigenvalue weighted by Crippen LogP contribution is 2.29. The molecule has 4 rings (SSSR count). The number of ether oxygens (including phenoxy) is 2. The van der Waals surface area contributed by atoms with E-state index in [1.807, 2.05) is 42.5 Å². The van der Waals surface area contributed by atoms with E-state index in [0.717, 1.165) is 41.4 Å². The van der Waals surface area contributed by atoms with Crippen molar-refractivity contribution in [2.75, 3.05) is 20.3 Å².